The van der Waals surface area contributed by atoms with Gasteiger partial charge in [-0.3, -0.25) is 9.89 Å². The third-order valence-electron chi connectivity index (χ3n) is 5.75. The topological polar surface area (TPSA) is 109 Å². The van der Waals surface area contributed by atoms with Gasteiger partial charge >= 0.3 is 0 Å². The molecule has 2 aliphatic rings. The summed E-state index contributed by atoms with van der Waals surface area (Å²) in [5.74, 6) is 0.684. The summed E-state index contributed by atoms with van der Waals surface area (Å²) in [6, 6.07) is 10.1. The van der Waals surface area contributed by atoms with E-state index in [0.29, 0.717) is 28.7 Å². The molecule has 1 fully saturated rings. The smallest absolute Gasteiger partial charge is 0.219 e. The zero-order valence-electron chi connectivity index (χ0n) is 15.9. The molecule has 0 aliphatic carbocycles. The Labute approximate surface area is 177 Å². The van der Waals surface area contributed by atoms with E-state index in [4.69, 9.17) is 0 Å². The summed E-state index contributed by atoms with van der Waals surface area (Å²) in [5, 5.41) is 30.1. The summed E-state index contributed by atoms with van der Waals surface area (Å²) >= 11 is 3.56. The lowest BCUT2D eigenvalue weighted by atomic mass is 9.79. The Hall–Kier alpha value is -3.10. The number of H-pyrrole nitrogens is 1. The molecule has 8 heteroatoms. The number of nitriles is 2. The van der Waals surface area contributed by atoms with Crippen LogP contribution in [0.25, 0.3) is 0 Å². The van der Waals surface area contributed by atoms with Gasteiger partial charge in [0, 0.05) is 41.7 Å². The van der Waals surface area contributed by atoms with Crippen molar-refractivity contribution in [3.63, 3.8) is 0 Å². The van der Waals surface area contributed by atoms with Crippen LogP contribution in [-0.4, -0.2) is 34.1 Å². The fourth-order valence-electron chi connectivity index (χ4n) is 4.24. The van der Waals surface area contributed by atoms with Crippen LogP contribution in [0.4, 0.5) is 5.82 Å². The average Bonchev–Trinajstić information content (AvgIpc) is 3.21. The summed E-state index contributed by atoms with van der Waals surface area (Å²) in [6.45, 7) is 2.95. The number of halogens is 1. The van der Waals surface area contributed by atoms with E-state index >= 15 is 0 Å². The van der Waals surface area contributed by atoms with Gasteiger partial charge in [-0.25, -0.2) is 0 Å². The van der Waals surface area contributed by atoms with Gasteiger partial charge in [0.05, 0.1) is 29.3 Å². The Bertz CT molecular complexity index is 1080. The summed E-state index contributed by atoms with van der Waals surface area (Å²) in [7, 11) is 0. The van der Waals surface area contributed by atoms with Crippen molar-refractivity contribution in [2.75, 3.05) is 18.4 Å². The van der Waals surface area contributed by atoms with Gasteiger partial charge in [0.2, 0.25) is 5.91 Å². The first-order valence-corrected chi connectivity index (χ1v) is 10.2. The van der Waals surface area contributed by atoms with E-state index in [1.807, 2.05) is 17.0 Å². The fraction of sp³-hybridized carbons (Fsp3) is 0.333. The van der Waals surface area contributed by atoms with Gasteiger partial charge in [0.15, 0.2) is 0 Å². The monoisotopic (exact) mass is 450 g/mol. The number of hydrogen-bond donors (Lipinski definition) is 2. The van der Waals surface area contributed by atoms with Crippen molar-refractivity contribution in [2.45, 2.75) is 25.7 Å². The molecule has 29 heavy (non-hydrogen) atoms. The second kappa shape index (κ2) is 7.73. The number of likely N-dealkylation sites (tertiary alicyclic amines) is 1. The van der Waals surface area contributed by atoms with E-state index in [1.54, 1.807) is 19.2 Å². The van der Waals surface area contributed by atoms with Gasteiger partial charge in [-0.2, -0.15) is 15.6 Å². The third-order valence-corrected chi connectivity index (χ3v) is 6.63. The van der Waals surface area contributed by atoms with Crippen molar-refractivity contribution >= 4 is 27.7 Å². The molecule has 4 rings (SSSR count). The molecule has 1 aromatic heterocycles. The maximum atomic E-state index is 11.7. The minimum absolute atomic E-state index is 0.0838. The first-order chi connectivity index (χ1) is 14.0. The van der Waals surface area contributed by atoms with Crippen molar-refractivity contribution in [3.05, 3.63) is 56.8 Å². The van der Waals surface area contributed by atoms with Crippen molar-refractivity contribution < 1.29 is 4.79 Å². The Balaban J connectivity index is 1.80. The lowest BCUT2D eigenvalue weighted by molar-refractivity contribution is -0.130. The number of amides is 1. The molecule has 0 bridgehead atoms. The molecule has 0 saturated carbocycles. The quantitative estimate of drug-likeness (QED) is 0.725. The van der Waals surface area contributed by atoms with Crippen LogP contribution < -0.4 is 5.32 Å². The molecule has 2 aromatic rings. The Morgan fingerprint density at radius 3 is 2.66 bits per heavy atom. The Kier molecular flexibility index (Phi) is 5.12. The summed E-state index contributed by atoms with van der Waals surface area (Å²) in [6.07, 6.45) is 3.32. The Morgan fingerprint density at radius 2 is 2.00 bits per heavy atom. The van der Waals surface area contributed by atoms with Crippen LogP contribution in [0.3, 0.4) is 0 Å². The molecule has 1 saturated heterocycles. The number of allylic oxidation sites excluding steroid dienone is 2. The maximum Gasteiger partial charge on any atom is 0.219 e. The normalized spacial score (nSPS) is 19.2. The third kappa shape index (κ3) is 3.30. The van der Waals surface area contributed by atoms with Gasteiger partial charge < -0.3 is 10.2 Å². The highest BCUT2D eigenvalue weighted by molar-refractivity contribution is 9.10. The van der Waals surface area contributed by atoms with Gasteiger partial charge in [0.1, 0.15) is 11.9 Å². The minimum atomic E-state index is -0.321. The second-order valence-electron chi connectivity index (χ2n) is 7.30. The van der Waals surface area contributed by atoms with Crippen LogP contribution in [0.2, 0.25) is 0 Å². The van der Waals surface area contributed by atoms with Gasteiger partial charge in [-0.15, -0.1) is 0 Å². The predicted molar refractivity (Wildman–Crippen MR) is 111 cm³/mol. The van der Waals surface area contributed by atoms with Crippen LogP contribution in [0.5, 0.6) is 0 Å². The van der Waals surface area contributed by atoms with E-state index in [2.05, 4.69) is 43.6 Å². The largest absolute Gasteiger partial charge is 0.343 e. The van der Waals surface area contributed by atoms with E-state index < -0.39 is 0 Å². The molecule has 146 valence electrons. The predicted octanol–water partition coefficient (Wildman–Crippen LogP) is 3.64. The molecule has 1 amide bonds. The molecule has 1 atom stereocenters. The van der Waals surface area contributed by atoms with E-state index in [-0.39, 0.29) is 17.7 Å². The van der Waals surface area contributed by atoms with Crippen molar-refractivity contribution in [1.82, 2.24) is 15.1 Å². The standard InChI is InChI=1S/C21H19BrN6O/c1-12(29)28-7-5-13(6-8-28)20-16(10-24)18(17-11-25-27-21(17)26-20)15-4-2-3-14(9-23)19(15)22/h2-4,11,13,18H,5-8H2,1H3,(H2,25,26,27). The van der Waals surface area contributed by atoms with Crippen LogP contribution >= 0.6 is 15.9 Å². The molecule has 0 radical (unpaired) electrons. The number of piperidine rings is 1. The van der Waals surface area contributed by atoms with E-state index in [1.165, 1.54) is 0 Å². The molecule has 2 N–H and O–H groups in total. The van der Waals surface area contributed by atoms with E-state index in [9.17, 15) is 15.3 Å². The number of aromatic amines is 1. The average molecular weight is 451 g/mol. The number of carbonyl (C=O) groups excluding carboxylic acids is 1. The summed E-state index contributed by atoms with van der Waals surface area (Å²) in [5.41, 5.74) is 3.79. The van der Waals surface area contributed by atoms with E-state index in [0.717, 1.165) is 35.5 Å². The molecule has 1 aromatic carbocycles. The summed E-state index contributed by atoms with van der Waals surface area (Å²) in [4.78, 5) is 13.5. The summed E-state index contributed by atoms with van der Waals surface area (Å²) < 4.78 is 0.694. The molecule has 2 aliphatic heterocycles. The highest BCUT2D eigenvalue weighted by Crippen LogP contribution is 2.46. The minimum Gasteiger partial charge on any atom is -0.343 e. The number of carbonyl (C=O) groups is 1. The van der Waals surface area contributed by atoms with Crippen molar-refractivity contribution in [2.24, 2.45) is 5.92 Å². The number of hydrogen-bond acceptors (Lipinski definition) is 5. The first kappa shape index (κ1) is 19.2. The number of anilines is 1. The van der Waals surface area contributed by atoms with Crippen molar-refractivity contribution in [3.8, 4) is 12.1 Å². The second-order valence-corrected chi connectivity index (χ2v) is 8.09. The molecule has 7 nitrogen and oxygen atoms in total. The number of nitrogens with one attached hydrogen (secondary N) is 2. The van der Waals surface area contributed by atoms with Crippen LogP contribution in [-0.2, 0) is 4.79 Å². The van der Waals surface area contributed by atoms with Gasteiger partial charge in [-0.1, -0.05) is 12.1 Å². The Morgan fingerprint density at radius 1 is 1.24 bits per heavy atom. The molecule has 1 unspecified atom stereocenters. The van der Waals surface area contributed by atoms with Gasteiger partial charge in [-0.05, 0) is 40.4 Å². The van der Waals surface area contributed by atoms with Crippen molar-refractivity contribution in [1.29, 1.82) is 10.5 Å². The number of aromatic nitrogens is 2. The van der Waals surface area contributed by atoms with Gasteiger partial charge in [0.25, 0.3) is 0 Å². The lowest BCUT2D eigenvalue weighted by Gasteiger charge is -2.36. The lowest BCUT2D eigenvalue weighted by Crippen LogP contribution is -2.39. The SMILES string of the molecule is CC(=O)N1CCC(C2=C(C#N)C(c3cccc(C#N)c3Br)c3cn[nH]c3N2)CC1. The highest BCUT2D eigenvalue weighted by atomic mass is 79.9. The fourth-order valence-corrected chi connectivity index (χ4v) is 4.82. The zero-order valence-corrected chi connectivity index (χ0v) is 17.5. The number of nitrogens with zero attached hydrogens (tertiary/aromatic N) is 4. The molecular weight excluding hydrogens is 432 g/mol. The first-order valence-electron chi connectivity index (χ1n) is 9.43. The van der Waals surface area contributed by atoms with Crippen LogP contribution in [0.1, 0.15) is 42.4 Å². The highest BCUT2D eigenvalue weighted by Gasteiger charge is 2.36. The van der Waals surface area contributed by atoms with Crippen LogP contribution in [0.15, 0.2) is 40.1 Å². The molecule has 0 spiro atoms. The number of rotatable bonds is 2. The molecule has 3 heterocycles. The number of fused-ring (bicyclic) bond motifs is 1. The zero-order chi connectivity index (χ0) is 20.5. The van der Waals surface area contributed by atoms with Crippen LogP contribution in [0, 0.1) is 28.6 Å². The number of benzene rings is 1. The molecular formula is C21H19BrN6O. The maximum absolute atomic E-state index is 11.7.